The van der Waals surface area contributed by atoms with Crippen molar-refractivity contribution in [2.45, 2.75) is 110 Å². The van der Waals surface area contributed by atoms with Crippen molar-refractivity contribution in [2.75, 3.05) is 26.7 Å². The maximum absolute atomic E-state index is 3.90. The number of unbranched alkanes of at least 4 members (excludes halogenated alkanes) is 14. The zero-order chi connectivity index (χ0) is 17.9. The number of quaternary nitrogens is 1. The summed E-state index contributed by atoms with van der Waals surface area (Å²) in [5, 5.41) is 0. The molecule has 1 nitrogen and oxygen atoms in total. The Hall–Kier alpha value is -0.300. The van der Waals surface area contributed by atoms with E-state index < -0.39 is 0 Å². The lowest BCUT2D eigenvalue weighted by Gasteiger charge is -2.32. The van der Waals surface area contributed by atoms with Gasteiger partial charge in [0, 0.05) is 0 Å². The first-order chi connectivity index (χ1) is 11.7. The summed E-state index contributed by atoms with van der Waals surface area (Å²) in [6, 6.07) is 0. The Morgan fingerprint density at radius 2 is 1.00 bits per heavy atom. The maximum Gasteiger partial charge on any atom is 0.0968 e. The first kappa shape index (κ1) is 23.7. The fraction of sp³-hybridized carbons (Fsp3) is 0.913. The summed E-state index contributed by atoms with van der Waals surface area (Å²) in [5.74, 6) is 0. The zero-order valence-corrected chi connectivity index (χ0v) is 17.5. The molecule has 0 saturated carbocycles. The van der Waals surface area contributed by atoms with Crippen LogP contribution in [0.5, 0.6) is 0 Å². The lowest BCUT2D eigenvalue weighted by molar-refractivity contribution is -0.902. The van der Waals surface area contributed by atoms with Crippen molar-refractivity contribution in [3.8, 4) is 0 Å². The quantitative estimate of drug-likeness (QED) is 0.130. The summed E-state index contributed by atoms with van der Waals surface area (Å²) in [6.07, 6.45) is 23.8. The van der Waals surface area contributed by atoms with E-state index in [1.807, 2.05) is 0 Å². The highest BCUT2D eigenvalue weighted by Gasteiger charge is 2.15. The molecule has 0 aromatic carbocycles. The molecule has 0 heterocycles. The third kappa shape index (κ3) is 15.2. The van der Waals surface area contributed by atoms with Gasteiger partial charge in [-0.1, -0.05) is 97.0 Å². The number of nitrogens with zero attached hydrogens (tertiary/aromatic N) is 1. The topological polar surface area (TPSA) is 0 Å². The lowest BCUT2D eigenvalue weighted by Crippen LogP contribution is -2.44. The molecule has 1 unspecified atom stereocenters. The van der Waals surface area contributed by atoms with Gasteiger partial charge < -0.3 is 4.48 Å². The Labute approximate surface area is 154 Å². The molecule has 0 spiro atoms. The van der Waals surface area contributed by atoms with Crippen LogP contribution in [0.25, 0.3) is 0 Å². The van der Waals surface area contributed by atoms with Gasteiger partial charge in [-0.3, -0.25) is 0 Å². The molecule has 0 N–H and O–H groups in total. The molecular formula is C23H48N+. The predicted octanol–water partition coefficient (Wildman–Crippen LogP) is 7.51. The van der Waals surface area contributed by atoms with Crippen LogP contribution < -0.4 is 0 Å². The fourth-order valence-electron chi connectivity index (χ4n) is 3.56. The van der Waals surface area contributed by atoms with Gasteiger partial charge in [-0.25, -0.2) is 0 Å². The molecule has 0 aliphatic heterocycles. The largest absolute Gasteiger partial charge is 0.323 e. The Bertz CT molecular complexity index is 261. The standard InChI is InChI=1S/C23H48N/c1-5-8-9-10-11-12-13-14-15-16-17-18-19-20-21-23-24(4,7-3)22-6-2/h6H,2,5,7-23H2,1,3-4H3/q+1. The summed E-state index contributed by atoms with van der Waals surface area (Å²) in [6.45, 7) is 12.2. The molecule has 0 saturated heterocycles. The van der Waals surface area contributed by atoms with Gasteiger partial charge in [0.25, 0.3) is 0 Å². The number of hydrogen-bond donors (Lipinski definition) is 0. The van der Waals surface area contributed by atoms with Crippen molar-refractivity contribution in [1.82, 2.24) is 0 Å². The minimum Gasteiger partial charge on any atom is -0.323 e. The molecule has 1 atom stereocenters. The van der Waals surface area contributed by atoms with Crippen LogP contribution in [-0.2, 0) is 0 Å². The second-order valence-electron chi connectivity index (χ2n) is 8.08. The fourth-order valence-corrected chi connectivity index (χ4v) is 3.56. The Kier molecular flexibility index (Phi) is 17.3. The first-order valence-electron chi connectivity index (χ1n) is 11.1. The van der Waals surface area contributed by atoms with Gasteiger partial charge >= 0.3 is 0 Å². The molecule has 24 heavy (non-hydrogen) atoms. The van der Waals surface area contributed by atoms with Crippen LogP contribution in [0.4, 0.5) is 0 Å². The van der Waals surface area contributed by atoms with Gasteiger partial charge in [0.1, 0.15) is 0 Å². The van der Waals surface area contributed by atoms with Crippen LogP contribution in [0, 0.1) is 0 Å². The molecule has 0 aromatic heterocycles. The minimum absolute atomic E-state index is 1.12. The molecule has 0 aliphatic carbocycles. The Morgan fingerprint density at radius 3 is 1.33 bits per heavy atom. The van der Waals surface area contributed by atoms with E-state index in [1.54, 1.807) is 0 Å². The van der Waals surface area contributed by atoms with Gasteiger partial charge in [-0.15, -0.1) is 0 Å². The van der Waals surface area contributed by atoms with Crippen LogP contribution in [0.3, 0.4) is 0 Å². The van der Waals surface area contributed by atoms with Crippen LogP contribution in [0.1, 0.15) is 110 Å². The van der Waals surface area contributed by atoms with E-state index in [9.17, 15) is 0 Å². The van der Waals surface area contributed by atoms with E-state index in [4.69, 9.17) is 0 Å². The molecule has 0 fully saturated rings. The molecule has 0 radical (unpaired) electrons. The second-order valence-corrected chi connectivity index (χ2v) is 8.08. The Balaban J connectivity index is 3.21. The van der Waals surface area contributed by atoms with E-state index in [0.717, 1.165) is 6.54 Å². The molecule has 0 rings (SSSR count). The second kappa shape index (κ2) is 17.5. The Morgan fingerprint density at radius 1 is 0.625 bits per heavy atom. The van der Waals surface area contributed by atoms with Crippen LogP contribution in [-0.4, -0.2) is 31.2 Å². The van der Waals surface area contributed by atoms with Gasteiger partial charge in [0.2, 0.25) is 0 Å². The molecule has 0 amide bonds. The molecule has 0 bridgehead atoms. The normalized spacial score (nSPS) is 13.8. The molecular weight excluding hydrogens is 290 g/mol. The van der Waals surface area contributed by atoms with Gasteiger partial charge in [-0.2, -0.15) is 0 Å². The van der Waals surface area contributed by atoms with Gasteiger partial charge in [0.05, 0.1) is 26.7 Å². The van der Waals surface area contributed by atoms with Gasteiger partial charge in [-0.05, 0) is 25.8 Å². The van der Waals surface area contributed by atoms with Crippen molar-refractivity contribution in [3.05, 3.63) is 12.7 Å². The van der Waals surface area contributed by atoms with Crippen molar-refractivity contribution >= 4 is 0 Å². The van der Waals surface area contributed by atoms with E-state index in [0.29, 0.717) is 0 Å². The molecule has 144 valence electrons. The summed E-state index contributed by atoms with van der Waals surface area (Å²) >= 11 is 0. The molecule has 0 aromatic rings. The van der Waals surface area contributed by atoms with Crippen molar-refractivity contribution in [2.24, 2.45) is 0 Å². The molecule has 0 aliphatic rings. The first-order valence-corrected chi connectivity index (χ1v) is 11.1. The van der Waals surface area contributed by atoms with Gasteiger partial charge in [0.15, 0.2) is 0 Å². The smallest absolute Gasteiger partial charge is 0.0968 e. The minimum atomic E-state index is 1.12. The van der Waals surface area contributed by atoms with E-state index >= 15 is 0 Å². The number of likely N-dealkylation sites (N-methyl/N-ethyl adjacent to an activating group) is 1. The van der Waals surface area contributed by atoms with Crippen molar-refractivity contribution < 1.29 is 4.48 Å². The third-order valence-electron chi connectivity index (χ3n) is 5.63. The average Bonchev–Trinajstić information content (AvgIpc) is 2.58. The zero-order valence-electron chi connectivity index (χ0n) is 17.5. The third-order valence-corrected chi connectivity index (χ3v) is 5.63. The maximum atomic E-state index is 3.90. The number of rotatable bonds is 19. The van der Waals surface area contributed by atoms with E-state index in [1.165, 1.54) is 114 Å². The summed E-state index contributed by atoms with van der Waals surface area (Å²) < 4.78 is 1.17. The average molecular weight is 339 g/mol. The SMILES string of the molecule is C=CC[N+](C)(CC)CCCCCCCCCCCCCCCCC. The highest BCUT2D eigenvalue weighted by Crippen LogP contribution is 2.14. The highest BCUT2D eigenvalue weighted by atomic mass is 15.3. The van der Waals surface area contributed by atoms with E-state index in [-0.39, 0.29) is 0 Å². The van der Waals surface area contributed by atoms with E-state index in [2.05, 4.69) is 33.6 Å². The van der Waals surface area contributed by atoms with Crippen LogP contribution in [0.2, 0.25) is 0 Å². The summed E-state index contributed by atoms with van der Waals surface area (Å²) in [4.78, 5) is 0. The highest BCUT2D eigenvalue weighted by molar-refractivity contribution is 4.65. The summed E-state index contributed by atoms with van der Waals surface area (Å²) in [7, 11) is 2.37. The van der Waals surface area contributed by atoms with Crippen molar-refractivity contribution in [1.29, 1.82) is 0 Å². The van der Waals surface area contributed by atoms with Crippen LogP contribution in [0.15, 0.2) is 12.7 Å². The number of hydrogen-bond acceptors (Lipinski definition) is 0. The summed E-state index contributed by atoms with van der Waals surface area (Å²) in [5.41, 5.74) is 0. The molecule has 1 heteroatoms. The predicted molar refractivity (Wildman–Crippen MR) is 112 cm³/mol. The van der Waals surface area contributed by atoms with Crippen molar-refractivity contribution in [3.63, 3.8) is 0 Å². The van der Waals surface area contributed by atoms with Crippen LogP contribution >= 0.6 is 0 Å². The lowest BCUT2D eigenvalue weighted by atomic mass is 10.0. The monoisotopic (exact) mass is 338 g/mol.